The predicted octanol–water partition coefficient (Wildman–Crippen LogP) is 5.38. The van der Waals surface area contributed by atoms with E-state index in [1.54, 1.807) is 0 Å². The third-order valence-electron chi connectivity index (χ3n) is 6.48. The molecule has 0 unspecified atom stereocenters. The van der Waals surface area contributed by atoms with Crippen LogP contribution in [0.2, 0.25) is 0 Å². The lowest BCUT2D eigenvalue weighted by Crippen LogP contribution is -2.50. The first kappa shape index (κ1) is 26.7. The highest BCUT2D eigenvalue weighted by molar-refractivity contribution is 5.81. The van der Waals surface area contributed by atoms with Gasteiger partial charge in [0.15, 0.2) is 0 Å². The van der Waals surface area contributed by atoms with Crippen molar-refractivity contribution in [1.82, 2.24) is 20.2 Å². The zero-order valence-electron chi connectivity index (χ0n) is 21.8. The highest BCUT2D eigenvalue weighted by Gasteiger charge is 2.29. The van der Waals surface area contributed by atoms with E-state index in [-0.39, 0.29) is 11.7 Å². The van der Waals surface area contributed by atoms with Crippen molar-refractivity contribution in [3.8, 4) is 11.4 Å². The fourth-order valence-corrected chi connectivity index (χ4v) is 4.67. The van der Waals surface area contributed by atoms with Crippen molar-refractivity contribution in [2.75, 3.05) is 44.2 Å². The molecule has 0 atom stereocenters. The van der Waals surface area contributed by atoms with Gasteiger partial charge in [-0.2, -0.15) is 0 Å². The van der Waals surface area contributed by atoms with Gasteiger partial charge in [-0.25, -0.2) is 9.37 Å². The van der Waals surface area contributed by atoms with E-state index in [0.717, 1.165) is 74.4 Å². The number of aryl methyl sites for hydroxylation is 1. The number of nitrogens with zero attached hydrogens (tertiary/aromatic N) is 3. The van der Waals surface area contributed by atoms with Gasteiger partial charge in [-0.3, -0.25) is 4.79 Å². The lowest BCUT2D eigenvalue weighted by atomic mass is 9.94. The molecular weight excluding hydrogens is 441 g/mol. The number of H-pyrrole nitrogens is 1. The first-order valence-electron chi connectivity index (χ1n) is 13.1. The first-order chi connectivity index (χ1) is 17.1. The number of piperazine rings is 1. The molecule has 2 aliphatic heterocycles. The number of fused-ring (bicyclic) bond motifs is 1. The molecule has 2 aliphatic rings. The Balaban J connectivity index is 0.000000815. The lowest BCUT2D eigenvalue weighted by molar-refractivity contribution is -0.136. The predicted molar refractivity (Wildman–Crippen MR) is 143 cm³/mol. The Morgan fingerprint density at radius 2 is 1.66 bits per heavy atom. The number of benzene rings is 2. The molecule has 190 valence electrons. The summed E-state index contributed by atoms with van der Waals surface area (Å²) in [6.45, 7) is 15.0. The SMILES string of the molecule is CC.CC.Cc1ccc2nc(-c3cc(N4CCC(C(=O)N5CCNCC5)CC4)ccc3F)[nH]c2c1. The summed E-state index contributed by atoms with van der Waals surface area (Å²) in [6.07, 6.45) is 1.67. The molecule has 5 rings (SSSR count). The number of carbonyl (C=O) groups excluding carboxylic acids is 1. The molecule has 0 radical (unpaired) electrons. The maximum absolute atomic E-state index is 14.7. The highest BCUT2D eigenvalue weighted by Crippen LogP contribution is 2.30. The van der Waals surface area contributed by atoms with Gasteiger partial charge in [0.2, 0.25) is 5.91 Å². The fraction of sp³-hybridized carbons (Fsp3) is 0.500. The molecule has 2 aromatic carbocycles. The standard InChI is InChI=1S/C24H28FN5O.2C2H6/c1-16-2-5-21-22(14-16)28-23(27-21)19-15-18(3-4-20(19)25)29-10-6-17(7-11-29)24(31)30-12-8-26-9-13-30;2*1-2/h2-5,14-15,17,26H,6-13H2,1H3,(H,27,28);2*1-2H3. The Morgan fingerprint density at radius 1 is 0.971 bits per heavy atom. The summed E-state index contributed by atoms with van der Waals surface area (Å²) in [4.78, 5) is 24.9. The van der Waals surface area contributed by atoms with E-state index in [9.17, 15) is 9.18 Å². The van der Waals surface area contributed by atoms with E-state index >= 15 is 0 Å². The van der Waals surface area contributed by atoms with Crippen LogP contribution in [0.5, 0.6) is 0 Å². The summed E-state index contributed by atoms with van der Waals surface area (Å²) in [6, 6.07) is 11.2. The van der Waals surface area contributed by atoms with Gasteiger partial charge in [0.25, 0.3) is 0 Å². The van der Waals surface area contributed by atoms with Crippen LogP contribution < -0.4 is 10.2 Å². The molecule has 35 heavy (non-hydrogen) atoms. The molecule has 3 heterocycles. The van der Waals surface area contributed by atoms with Gasteiger partial charge in [0.1, 0.15) is 11.6 Å². The molecule has 0 bridgehead atoms. The maximum atomic E-state index is 14.7. The minimum atomic E-state index is -0.289. The van der Waals surface area contributed by atoms with Crippen molar-refractivity contribution in [1.29, 1.82) is 0 Å². The number of carbonyl (C=O) groups is 1. The van der Waals surface area contributed by atoms with Gasteiger partial charge in [0, 0.05) is 50.9 Å². The van der Waals surface area contributed by atoms with Gasteiger partial charge in [-0.05, 0) is 55.7 Å². The van der Waals surface area contributed by atoms with Crippen molar-refractivity contribution in [2.45, 2.75) is 47.5 Å². The summed E-state index contributed by atoms with van der Waals surface area (Å²) in [5.74, 6) is 0.637. The molecule has 2 saturated heterocycles. The number of hydrogen-bond acceptors (Lipinski definition) is 4. The number of anilines is 1. The first-order valence-corrected chi connectivity index (χ1v) is 13.1. The highest BCUT2D eigenvalue weighted by atomic mass is 19.1. The van der Waals surface area contributed by atoms with Gasteiger partial charge < -0.3 is 20.1 Å². The van der Waals surface area contributed by atoms with Gasteiger partial charge in [-0.15, -0.1) is 0 Å². The molecule has 2 fully saturated rings. The summed E-state index contributed by atoms with van der Waals surface area (Å²) in [5.41, 5.74) is 4.33. The van der Waals surface area contributed by atoms with Crippen LogP contribution in [0.1, 0.15) is 46.1 Å². The number of aromatic amines is 1. The number of rotatable bonds is 3. The van der Waals surface area contributed by atoms with E-state index in [0.29, 0.717) is 17.3 Å². The molecule has 1 amide bonds. The van der Waals surface area contributed by atoms with E-state index in [1.165, 1.54) is 6.07 Å². The molecule has 0 aliphatic carbocycles. The number of hydrogen-bond donors (Lipinski definition) is 2. The maximum Gasteiger partial charge on any atom is 0.225 e. The number of halogens is 1. The quantitative estimate of drug-likeness (QED) is 0.527. The third kappa shape index (κ3) is 6.20. The van der Waals surface area contributed by atoms with Crippen molar-refractivity contribution in [2.24, 2.45) is 5.92 Å². The number of nitrogens with one attached hydrogen (secondary N) is 2. The normalized spacial score (nSPS) is 16.3. The average Bonchev–Trinajstić information content (AvgIpc) is 3.34. The van der Waals surface area contributed by atoms with E-state index < -0.39 is 0 Å². The summed E-state index contributed by atoms with van der Waals surface area (Å²) in [7, 11) is 0. The van der Waals surface area contributed by atoms with Crippen LogP contribution >= 0.6 is 0 Å². The van der Waals surface area contributed by atoms with Crippen LogP contribution in [0.3, 0.4) is 0 Å². The fourth-order valence-electron chi connectivity index (χ4n) is 4.67. The van der Waals surface area contributed by atoms with Crippen molar-refractivity contribution < 1.29 is 9.18 Å². The Kier molecular flexibility index (Phi) is 9.66. The number of imidazole rings is 1. The summed E-state index contributed by atoms with van der Waals surface area (Å²) in [5, 5.41) is 3.30. The van der Waals surface area contributed by atoms with Crippen LogP contribution in [0.15, 0.2) is 36.4 Å². The molecule has 3 aromatic rings. The van der Waals surface area contributed by atoms with Crippen LogP contribution in [0, 0.1) is 18.7 Å². The third-order valence-corrected chi connectivity index (χ3v) is 6.48. The summed E-state index contributed by atoms with van der Waals surface area (Å²) < 4.78 is 14.7. The van der Waals surface area contributed by atoms with Crippen molar-refractivity contribution >= 4 is 22.6 Å². The van der Waals surface area contributed by atoms with Crippen molar-refractivity contribution in [3.05, 3.63) is 47.8 Å². The molecular formula is C28H40FN5O. The lowest BCUT2D eigenvalue weighted by Gasteiger charge is -2.36. The molecule has 0 saturated carbocycles. The van der Waals surface area contributed by atoms with Crippen LogP contribution in [0.4, 0.5) is 10.1 Å². The Morgan fingerprint density at radius 3 is 2.34 bits per heavy atom. The average molecular weight is 482 g/mol. The summed E-state index contributed by atoms with van der Waals surface area (Å²) >= 11 is 0. The molecule has 0 spiro atoms. The Bertz CT molecular complexity index is 1100. The van der Waals surface area contributed by atoms with Crippen LogP contribution in [-0.4, -0.2) is 60.0 Å². The van der Waals surface area contributed by atoms with Crippen molar-refractivity contribution in [3.63, 3.8) is 0 Å². The largest absolute Gasteiger partial charge is 0.371 e. The Hall–Kier alpha value is -2.93. The van der Waals surface area contributed by atoms with Crippen LogP contribution in [0.25, 0.3) is 22.4 Å². The molecule has 2 N–H and O–H groups in total. The van der Waals surface area contributed by atoms with Gasteiger partial charge in [0.05, 0.1) is 16.6 Å². The minimum Gasteiger partial charge on any atom is -0.371 e. The van der Waals surface area contributed by atoms with E-state index in [4.69, 9.17) is 0 Å². The second kappa shape index (κ2) is 12.7. The number of piperidine rings is 1. The minimum absolute atomic E-state index is 0.0906. The van der Waals surface area contributed by atoms with E-state index in [2.05, 4.69) is 20.2 Å². The smallest absolute Gasteiger partial charge is 0.225 e. The van der Waals surface area contributed by atoms with Crippen LogP contribution in [-0.2, 0) is 4.79 Å². The molecule has 6 nitrogen and oxygen atoms in total. The molecule has 7 heteroatoms. The zero-order chi connectivity index (χ0) is 25.4. The van der Waals surface area contributed by atoms with Gasteiger partial charge >= 0.3 is 0 Å². The second-order valence-corrected chi connectivity index (χ2v) is 8.61. The molecule has 1 aromatic heterocycles. The topological polar surface area (TPSA) is 64.3 Å². The zero-order valence-corrected chi connectivity index (χ0v) is 21.8. The Labute approximate surface area is 208 Å². The second-order valence-electron chi connectivity index (χ2n) is 8.61. The van der Waals surface area contributed by atoms with E-state index in [1.807, 2.05) is 69.9 Å². The number of aromatic nitrogens is 2. The number of amides is 1. The monoisotopic (exact) mass is 481 g/mol. The van der Waals surface area contributed by atoms with Gasteiger partial charge in [-0.1, -0.05) is 33.8 Å².